The lowest BCUT2D eigenvalue weighted by atomic mass is 10.1. The smallest absolute Gasteiger partial charge is 0.335 e. The number of hydrogen-bond acceptors (Lipinski definition) is 2. The molecule has 0 aliphatic rings. The molecule has 0 aliphatic heterocycles. The van der Waals surface area contributed by atoms with Crippen LogP contribution in [0, 0.1) is 0 Å². The average molecular weight is 315 g/mol. The van der Waals surface area contributed by atoms with Crippen molar-refractivity contribution in [3.05, 3.63) is 52.8 Å². The highest BCUT2D eigenvalue weighted by Crippen LogP contribution is 2.24. The Morgan fingerprint density at radius 3 is 2.59 bits per heavy atom. The minimum Gasteiger partial charge on any atom is -0.478 e. The van der Waals surface area contributed by atoms with E-state index in [2.05, 4.69) is 20.9 Å². The Labute approximate surface area is 113 Å². The lowest BCUT2D eigenvalue weighted by Crippen LogP contribution is -1.96. The van der Waals surface area contributed by atoms with E-state index in [4.69, 9.17) is 5.11 Å². The normalized spacial score (nSPS) is 9.47. The maximum atomic E-state index is 10.9. The second-order valence-electron chi connectivity index (χ2n) is 3.28. The van der Waals surface area contributed by atoms with Crippen molar-refractivity contribution in [1.29, 1.82) is 0 Å². The van der Waals surface area contributed by atoms with E-state index in [-0.39, 0.29) is 18.0 Å². The molecule has 0 radical (unpaired) electrons. The van der Waals surface area contributed by atoms with Crippen molar-refractivity contribution >= 4 is 34.3 Å². The van der Waals surface area contributed by atoms with E-state index in [1.807, 2.05) is 18.2 Å². The number of aromatic nitrogens is 1. The molecule has 1 heterocycles. The van der Waals surface area contributed by atoms with Crippen LogP contribution in [0.3, 0.4) is 0 Å². The summed E-state index contributed by atoms with van der Waals surface area (Å²) in [4.78, 5) is 14.9. The number of nitrogens with zero attached hydrogens (tertiary/aromatic N) is 1. The highest BCUT2D eigenvalue weighted by molar-refractivity contribution is 9.10. The molecule has 1 aromatic heterocycles. The molecule has 0 amide bonds. The van der Waals surface area contributed by atoms with Crippen LogP contribution in [0.5, 0.6) is 0 Å². The molecular weight excluding hydrogens is 305 g/mol. The summed E-state index contributed by atoms with van der Waals surface area (Å²) < 4.78 is 0.742. The van der Waals surface area contributed by atoms with Crippen LogP contribution in [-0.2, 0) is 0 Å². The first kappa shape index (κ1) is 13.7. The number of aromatic carboxylic acids is 1. The Bertz CT molecular complexity index is 531. The molecule has 1 N–H and O–H groups in total. The van der Waals surface area contributed by atoms with Crippen LogP contribution >= 0.6 is 28.3 Å². The lowest BCUT2D eigenvalue weighted by molar-refractivity contribution is 0.0697. The van der Waals surface area contributed by atoms with Crippen molar-refractivity contribution in [3.63, 3.8) is 0 Å². The zero-order chi connectivity index (χ0) is 11.5. The molecule has 0 aliphatic carbocycles. The predicted octanol–water partition coefficient (Wildman–Crippen LogP) is 3.63. The van der Waals surface area contributed by atoms with E-state index in [0.29, 0.717) is 0 Å². The Balaban J connectivity index is 0.00000144. The van der Waals surface area contributed by atoms with Gasteiger partial charge in [-0.1, -0.05) is 22.0 Å². The standard InChI is InChI=1S/C12H8BrNO2.ClH/c13-11-5-9(4-10(6-11)12(15)16)8-2-1-3-14-7-8;/h1-7H,(H,15,16);1H. The molecule has 3 nitrogen and oxygen atoms in total. The van der Waals surface area contributed by atoms with Crippen LogP contribution in [0.4, 0.5) is 0 Å². The van der Waals surface area contributed by atoms with Crippen molar-refractivity contribution < 1.29 is 9.90 Å². The molecular formula is C12H9BrClNO2. The Morgan fingerprint density at radius 2 is 2.00 bits per heavy atom. The van der Waals surface area contributed by atoms with Gasteiger partial charge >= 0.3 is 5.97 Å². The highest BCUT2D eigenvalue weighted by atomic mass is 79.9. The number of benzene rings is 1. The number of halogens is 2. The zero-order valence-electron chi connectivity index (χ0n) is 8.63. The summed E-state index contributed by atoms with van der Waals surface area (Å²) in [6, 6.07) is 8.77. The summed E-state index contributed by atoms with van der Waals surface area (Å²) in [5.74, 6) is -0.938. The van der Waals surface area contributed by atoms with E-state index >= 15 is 0 Å². The highest BCUT2D eigenvalue weighted by Gasteiger charge is 2.07. The molecule has 88 valence electrons. The van der Waals surface area contributed by atoms with Gasteiger partial charge in [-0.3, -0.25) is 4.98 Å². The summed E-state index contributed by atoms with van der Waals surface area (Å²) in [5.41, 5.74) is 1.99. The van der Waals surface area contributed by atoms with Crippen molar-refractivity contribution in [3.8, 4) is 11.1 Å². The van der Waals surface area contributed by atoms with Crippen LogP contribution in [0.2, 0.25) is 0 Å². The van der Waals surface area contributed by atoms with Gasteiger partial charge < -0.3 is 5.11 Å². The van der Waals surface area contributed by atoms with Crippen LogP contribution in [0.1, 0.15) is 10.4 Å². The maximum Gasteiger partial charge on any atom is 0.335 e. The van der Waals surface area contributed by atoms with Crippen molar-refractivity contribution in [1.82, 2.24) is 4.98 Å². The van der Waals surface area contributed by atoms with Crippen LogP contribution in [-0.4, -0.2) is 16.1 Å². The number of pyridine rings is 1. The molecule has 2 aromatic rings. The molecule has 5 heteroatoms. The molecule has 2 rings (SSSR count). The molecule has 1 aromatic carbocycles. The van der Waals surface area contributed by atoms with E-state index in [1.165, 1.54) is 0 Å². The fourth-order valence-electron chi connectivity index (χ4n) is 1.41. The van der Waals surface area contributed by atoms with E-state index in [0.717, 1.165) is 15.6 Å². The minimum absolute atomic E-state index is 0. The molecule has 0 spiro atoms. The van der Waals surface area contributed by atoms with Crippen LogP contribution in [0.15, 0.2) is 47.2 Å². The fourth-order valence-corrected chi connectivity index (χ4v) is 1.91. The molecule has 0 atom stereocenters. The number of carbonyl (C=O) groups is 1. The first-order chi connectivity index (χ1) is 7.66. The van der Waals surface area contributed by atoms with Gasteiger partial charge in [0.1, 0.15) is 0 Å². The lowest BCUT2D eigenvalue weighted by Gasteiger charge is -2.03. The topological polar surface area (TPSA) is 50.2 Å². The van der Waals surface area contributed by atoms with Crippen molar-refractivity contribution in [2.24, 2.45) is 0 Å². The van der Waals surface area contributed by atoms with Crippen molar-refractivity contribution in [2.75, 3.05) is 0 Å². The minimum atomic E-state index is -0.938. The third-order valence-corrected chi connectivity index (χ3v) is 2.60. The second kappa shape index (κ2) is 5.80. The maximum absolute atomic E-state index is 10.9. The molecule has 0 fully saturated rings. The fraction of sp³-hybridized carbons (Fsp3) is 0. The third-order valence-electron chi connectivity index (χ3n) is 2.14. The largest absolute Gasteiger partial charge is 0.478 e. The van der Waals surface area contributed by atoms with Gasteiger partial charge in [0, 0.05) is 22.4 Å². The SMILES string of the molecule is Cl.O=C(O)c1cc(Br)cc(-c2cccnc2)c1. The number of carboxylic acids is 1. The monoisotopic (exact) mass is 313 g/mol. The summed E-state index contributed by atoms with van der Waals surface area (Å²) in [6.45, 7) is 0. The van der Waals surface area contributed by atoms with Gasteiger partial charge in [0.15, 0.2) is 0 Å². The summed E-state index contributed by atoms with van der Waals surface area (Å²) >= 11 is 3.29. The zero-order valence-corrected chi connectivity index (χ0v) is 11.0. The van der Waals surface area contributed by atoms with Crippen LogP contribution < -0.4 is 0 Å². The second-order valence-corrected chi connectivity index (χ2v) is 4.19. The number of hydrogen-bond donors (Lipinski definition) is 1. The van der Waals surface area contributed by atoms with Gasteiger partial charge in [-0.25, -0.2) is 4.79 Å². The number of carboxylic acid groups (broad SMARTS) is 1. The Morgan fingerprint density at radius 1 is 1.24 bits per heavy atom. The summed E-state index contributed by atoms with van der Waals surface area (Å²) in [7, 11) is 0. The molecule has 0 saturated heterocycles. The summed E-state index contributed by atoms with van der Waals surface area (Å²) in [6.07, 6.45) is 3.38. The molecule has 0 unspecified atom stereocenters. The van der Waals surface area contributed by atoms with E-state index < -0.39 is 5.97 Å². The van der Waals surface area contributed by atoms with Gasteiger partial charge in [-0.05, 0) is 29.8 Å². The van der Waals surface area contributed by atoms with Gasteiger partial charge in [-0.15, -0.1) is 12.4 Å². The van der Waals surface area contributed by atoms with Crippen molar-refractivity contribution in [2.45, 2.75) is 0 Å². The van der Waals surface area contributed by atoms with Crippen LogP contribution in [0.25, 0.3) is 11.1 Å². The van der Waals surface area contributed by atoms with Gasteiger partial charge in [0.25, 0.3) is 0 Å². The first-order valence-corrected chi connectivity index (χ1v) is 5.40. The number of rotatable bonds is 2. The molecule has 17 heavy (non-hydrogen) atoms. The third kappa shape index (κ3) is 3.28. The Kier molecular flexibility index (Phi) is 4.66. The molecule has 0 bridgehead atoms. The van der Waals surface area contributed by atoms with Gasteiger partial charge in [0.05, 0.1) is 5.56 Å². The Hall–Kier alpha value is -1.39. The first-order valence-electron chi connectivity index (χ1n) is 4.61. The van der Waals surface area contributed by atoms with E-state index in [9.17, 15) is 4.79 Å². The predicted molar refractivity (Wildman–Crippen MR) is 71.6 cm³/mol. The summed E-state index contributed by atoms with van der Waals surface area (Å²) in [5, 5.41) is 8.94. The molecule has 0 saturated carbocycles. The van der Waals surface area contributed by atoms with Gasteiger partial charge in [0.2, 0.25) is 0 Å². The quantitative estimate of drug-likeness (QED) is 0.921. The van der Waals surface area contributed by atoms with E-state index in [1.54, 1.807) is 24.5 Å². The average Bonchev–Trinajstić information content (AvgIpc) is 2.29. The van der Waals surface area contributed by atoms with Gasteiger partial charge in [-0.2, -0.15) is 0 Å².